The second-order valence-electron chi connectivity index (χ2n) is 6.81. The molecule has 162 valence electrons. The molecule has 11 heteroatoms. The second-order valence-corrected chi connectivity index (χ2v) is 6.81. The number of rotatable bonds is 5. The third-order valence-electron chi connectivity index (χ3n) is 4.66. The number of nitrogen functional groups attached to an aromatic ring is 1. The maximum absolute atomic E-state index is 12.7. The van der Waals surface area contributed by atoms with Gasteiger partial charge in [0.05, 0.1) is 25.0 Å². The molecule has 1 saturated heterocycles. The Bertz CT molecular complexity index is 1080. The van der Waals surface area contributed by atoms with Gasteiger partial charge in [0, 0.05) is 12.6 Å². The molecule has 1 atom stereocenters. The number of carbonyl (C=O) groups is 1. The molecule has 0 bridgehead atoms. The number of anilines is 2. The van der Waals surface area contributed by atoms with Gasteiger partial charge in [-0.25, -0.2) is 9.67 Å². The molecule has 0 saturated carbocycles. The minimum absolute atomic E-state index is 0.0423. The van der Waals surface area contributed by atoms with Gasteiger partial charge in [-0.2, -0.15) is 18.3 Å². The minimum Gasteiger partial charge on any atom is -0.486 e. The summed E-state index contributed by atoms with van der Waals surface area (Å²) in [4.78, 5) is 16.2. The summed E-state index contributed by atoms with van der Waals surface area (Å²) in [6.45, 7) is 1.11. The topological polar surface area (TPSA) is 104 Å². The van der Waals surface area contributed by atoms with Gasteiger partial charge in [0.15, 0.2) is 0 Å². The van der Waals surface area contributed by atoms with Gasteiger partial charge in [-0.05, 0) is 24.3 Å². The van der Waals surface area contributed by atoms with Crippen molar-refractivity contribution in [1.29, 1.82) is 0 Å². The average Bonchev–Trinajstić information content (AvgIpc) is 3.38. The molecule has 2 aromatic heterocycles. The molecule has 1 amide bonds. The third kappa shape index (κ3) is 4.45. The van der Waals surface area contributed by atoms with Crippen LogP contribution in [0.3, 0.4) is 0 Å². The Kier molecular flexibility index (Phi) is 5.51. The number of benzene rings is 1. The van der Waals surface area contributed by atoms with E-state index in [1.54, 1.807) is 24.3 Å². The summed E-state index contributed by atoms with van der Waals surface area (Å²) in [5.41, 5.74) is 5.81. The Hall–Kier alpha value is -3.60. The van der Waals surface area contributed by atoms with Crippen molar-refractivity contribution < 1.29 is 27.4 Å². The van der Waals surface area contributed by atoms with Crippen molar-refractivity contribution in [2.24, 2.45) is 0 Å². The number of pyridine rings is 1. The lowest BCUT2D eigenvalue weighted by Gasteiger charge is -2.16. The first-order valence-electron chi connectivity index (χ1n) is 9.35. The van der Waals surface area contributed by atoms with E-state index in [1.165, 1.54) is 10.9 Å². The number of alkyl halides is 3. The van der Waals surface area contributed by atoms with Crippen LogP contribution in [0.2, 0.25) is 0 Å². The first-order chi connectivity index (χ1) is 14.8. The van der Waals surface area contributed by atoms with Crippen LogP contribution >= 0.6 is 0 Å². The summed E-state index contributed by atoms with van der Waals surface area (Å²) < 4.78 is 50.6. The van der Waals surface area contributed by atoms with Gasteiger partial charge in [0.2, 0.25) is 0 Å². The zero-order chi connectivity index (χ0) is 22.0. The summed E-state index contributed by atoms with van der Waals surface area (Å²) in [7, 11) is 0. The minimum atomic E-state index is -4.51. The molecule has 1 aliphatic rings. The van der Waals surface area contributed by atoms with Gasteiger partial charge in [0.25, 0.3) is 5.91 Å². The first kappa shape index (κ1) is 20.7. The van der Waals surface area contributed by atoms with Gasteiger partial charge in [0.1, 0.15) is 34.7 Å². The van der Waals surface area contributed by atoms with Crippen molar-refractivity contribution >= 4 is 17.5 Å². The number of halogens is 3. The zero-order valence-electron chi connectivity index (χ0n) is 16.1. The molecule has 8 nitrogen and oxygen atoms in total. The number of para-hydroxylation sites is 2. The van der Waals surface area contributed by atoms with E-state index in [0.29, 0.717) is 30.8 Å². The van der Waals surface area contributed by atoms with Crippen molar-refractivity contribution in [2.75, 3.05) is 24.3 Å². The van der Waals surface area contributed by atoms with Crippen molar-refractivity contribution in [3.8, 4) is 11.4 Å². The molecule has 4 rings (SSSR count). The average molecular weight is 433 g/mol. The van der Waals surface area contributed by atoms with Crippen LogP contribution in [0.1, 0.15) is 22.3 Å². The largest absolute Gasteiger partial charge is 0.486 e. The van der Waals surface area contributed by atoms with Gasteiger partial charge >= 0.3 is 6.18 Å². The SMILES string of the molecule is Nc1c(C(=O)Nc2ccc(C(F)(F)F)cn2)cnn1-c1ccccc1OC1CCOC1. The quantitative estimate of drug-likeness (QED) is 0.640. The van der Waals surface area contributed by atoms with Crippen LogP contribution in [0.15, 0.2) is 48.8 Å². The highest BCUT2D eigenvalue weighted by Crippen LogP contribution is 2.30. The molecule has 0 spiro atoms. The van der Waals surface area contributed by atoms with Crippen LogP contribution in [-0.4, -0.2) is 40.0 Å². The molecule has 0 radical (unpaired) electrons. The Morgan fingerprint density at radius 3 is 2.71 bits per heavy atom. The number of hydrogen-bond donors (Lipinski definition) is 2. The smallest absolute Gasteiger partial charge is 0.417 e. The molecule has 1 aliphatic heterocycles. The van der Waals surface area contributed by atoms with Crippen LogP contribution in [0.25, 0.3) is 5.69 Å². The highest BCUT2D eigenvalue weighted by Gasteiger charge is 2.30. The van der Waals surface area contributed by atoms with E-state index >= 15 is 0 Å². The first-order valence-corrected chi connectivity index (χ1v) is 9.35. The molecule has 0 aliphatic carbocycles. The molecular weight excluding hydrogens is 415 g/mol. The van der Waals surface area contributed by atoms with E-state index in [-0.39, 0.29) is 23.3 Å². The molecule has 1 fully saturated rings. The van der Waals surface area contributed by atoms with Crippen molar-refractivity contribution in [2.45, 2.75) is 18.7 Å². The maximum Gasteiger partial charge on any atom is 0.417 e. The fourth-order valence-electron chi connectivity index (χ4n) is 3.06. The number of amides is 1. The van der Waals surface area contributed by atoms with Crippen LogP contribution in [0.5, 0.6) is 5.75 Å². The molecular formula is C20H18F3N5O3. The standard InChI is InChI=1S/C20H18F3N5O3/c21-20(22,23)12-5-6-17(25-9-12)27-19(29)14-10-26-28(18(14)24)15-3-1-2-4-16(15)31-13-7-8-30-11-13/h1-6,9-10,13H,7-8,11,24H2,(H,25,27,29). The van der Waals surface area contributed by atoms with Crippen molar-refractivity contribution in [3.63, 3.8) is 0 Å². The molecule has 3 aromatic rings. The number of carbonyl (C=O) groups excluding carboxylic acids is 1. The third-order valence-corrected chi connectivity index (χ3v) is 4.66. The number of nitrogens with one attached hydrogen (secondary N) is 1. The monoisotopic (exact) mass is 433 g/mol. The molecule has 3 heterocycles. The van der Waals surface area contributed by atoms with E-state index in [1.807, 2.05) is 0 Å². The molecule has 1 unspecified atom stereocenters. The van der Waals surface area contributed by atoms with E-state index in [2.05, 4.69) is 15.4 Å². The lowest BCUT2D eigenvalue weighted by molar-refractivity contribution is -0.137. The summed E-state index contributed by atoms with van der Waals surface area (Å²) in [6, 6.07) is 8.98. The fraction of sp³-hybridized carbons (Fsp3) is 0.250. The highest BCUT2D eigenvalue weighted by atomic mass is 19.4. The molecule has 3 N–H and O–H groups in total. The summed E-state index contributed by atoms with van der Waals surface area (Å²) >= 11 is 0. The van der Waals surface area contributed by atoms with Crippen molar-refractivity contribution in [3.05, 3.63) is 59.9 Å². The van der Waals surface area contributed by atoms with E-state index in [9.17, 15) is 18.0 Å². The number of ether oxygens (including phenoxy) is 2. The normalized spacial score (nSPS) is 16.3. The Morgan fingerprint density at radius 1 is 1.23 bits per heavy atom. The predicted octanol–water partition coefficient (Wildman–Crippen LogP) is 3.29. The lowest BCUT2D eigenvalue weighted by Crippen LogP contribution is -2.18. The van der Waals surface area contributed by atoms with Gasteiger partial charge in [-0.15, -0.1) is 0 Å². The maximum atomic E-state index is 12.7. The summed E-state index contributed by atoms with van der Waals surface area (Å²) in [5.74, 6) is -0.124. The molecule has 1 aromatic carbocycles. The molecule has 31 heavy (non-hydrogen) atoms. The van der Waals surface area contributed by atoms with E-state index in [4.69, 9.17) is 15.2 Å². The Balaban J connectivity index is 1.54. The van der Waals surface area contributed by atoms with Crippen LogP contribution in [0.4, 0.5) is 24.8 Å². The van der Waals surface area contributed by atoms with E-state index in [0.717, 1.165) is 18.6 Å². The highest BCUT2D eigenvalue weighted by molar-refractivity contribution is 6.06. The number of hydrogen-bond acceptors (Lipinski definition) is 6. The van der Waals surface area contributed by atoms with Crippen LogP contribution in [0, 0.1) is 0 Å². The zero-order valence-corrected chi connectivity index (χ0v) is 16.1. The summed E-state index contributed by atoms with van der Waals surface area (Å²) in [5, 5.41) is 6.60. The lowest BCUT2D eigenvalue weighted by atomic mass is 10.2. The summed E-state index contributed by atoms with van der Waals surface area (Å²) in [6.07, 6.45) is -1.93. The predicted molar refractivity (Wildman–Crippen MR) is 105 cm³/mol. The van der Waals surface area contributed by atoms with Gasteiger partial charge in [-0.3, -0.25) is 4.79 Å². The van der Waals surface area contributed by atoms with E-state index < -0.39 is 17.6 Å². The fourth-order valence-corrected chi connectivity index (χ4v) is 3.06. The van der Waals surface area contributed by atoms with Crippen molar-refractivity contribution in [1.82, 2.24) is 14.8 Å². The Morgan fingerprint density at radius 2 is 2.03 bits per heavy atom. The van der Waals surface area contributed by atoms with Gasteiger partial charge in [-0.1, -0.05) is 12.1 Å². The number of aromatic nitrogens is 3. The Labute approximate surface area is 174 Å². The van der Waals surface area contributed by atoms with Crippen LogP contribution < -0.4 is 15.8 Å². The number of nitrogens with zero attached hydrogens (tertiary/aromatic N) is 3. The number of nitrogens with two attached hydrogens (primary N) is 1. The second kappa shape index (κ2) is 8.26. The van der Waals surface area contributed by atoms with Gasteiger partial charge < -0.3 is 20.5 Å². The van der Waals surface area contributed by atoms with Crippen LogP contribution in [-0.2, 0) is 10.9 Å².